The second-order valence-electron chi connectivity index (χ2n) is 4.22. The first-order chi connectivity index (χ1) is 8.84. The predicted octanol–water partition coefficient (Wildman–Crippen LogP) is 5.41. The molecule has 1 atom stereocenters. The monoisotopic (exact) mass is 355 g/mol. The molecule has 0 amide bonds. The van der Waals surface area contributed by atoms with E-state index in [2.05, 4.69) is 28.2 Å². The summed E-state index contributed by atoms with van der Waals surface area (Å²) in [6, 6.07) is 4.21. The van der Waals surface area contributed by atoms with E-state index in [-0.39, 0.29) is 11.7 Å². The summed E-state index contributed by atoms with van der Waals surface area (Å²) in [5, 5.41) is 2.95. The lowest BCUT2D eigenvalue weighted by Gasteiger charge is -2.19. The fourth-order valence-corrected chi connectivity index (χ4v) is 2.79. The smallest absolute Gasteiger partial charge is 0.382 e. The number of alkyl halides is 3. The molecule has 6 heteroatoms. The highest BCUT2D eigenvalue weighted by molar-refractivity contribution is 9.10. The molecule has 0 radical (unpaired) electrons. The molecule has 1 aromatic rings. The van der Waals surface area contributed by atoms with Gasteiger partial charge in [-0.3, -0.25) is 0 Å². The SMILES string of the molecule is CCSCCC(C)Nc1ccc(Br)cc1C(F)(F)F. The molecule has 0 heterocycles. The van der Waals surface area contributed by atoms with E-state index in [1.165, 1.54) is 6.07 Å². The number of hydrogen-bond acceptors (Lipinski definition) is 2. The molecule has 0 spiro atoms. The van der Waals surface area contributed by atoms with E-state index < -0.39 is 11.7 Å². The highest BCUT2D eigenvalue weighted by Crippen LogP contribution is 2.36. The van der Waals surface area contributed by atoms with Crippen LogP contribution >= 0.6 is 27.7 Å². The van der Waals surface area contributed by atoms with Gasteiger partial charge in [-0.25, -0.2) is 0 Å². The summed E-state index contributed by atoms with van der Waals surface area (Å²) in [7, 11) is 0. The van der Waals surface area contributed by atoms with E-state index >= 15 is 0 Å². The zero-order chi connectivity index (χ0) is 14.5. The average Bonchev–Trinajstić information content (AvgIpc) is 2.30. The molecule has 1 aromatic carbocycles. The van der Waals surface area contributed by atoms with Crippen molar-refractivity contribution in [3.8, 4) is 0 Å². The normalized spacial score (nSPS) is 13.4. The van der Waals surface area contributed by atoms with Crippen molar-refractivity contribution in [3.63, 3.8) is 0 Å². The van der Waals surface area contributed by atoms with Gasteiger partial charge in [-0.05, 0) is 43.0 Å². The lowest BCUT2D eigenvalue weighted by Crippen LogP contribution is -2.19. The number of benzene rings is 1. The van der Waals surface area contributed by atoms with Crippen LogP contribution in [0.5, 0.6) is 0 Å². The first-order valence-electron chi connectivity index (χ1n) is 6.05. The molecule has 0 fully saturated rings. The Kier molecular flexibility index (Phi) is 6.53. The fraction of sp³-hybridized carbons (Fsp3) is 0.538. The van der Waals surface area contributed by atoms with Gasteiger partial charge < -0.3 is 5.32 Å². The standard InChI is InChI=1S/C13H17BrF3NS/c1-3-19-7-6-9(2)18-12-5-4-10(14)8-11(12)13(15,16)17/h4-5,8-9,18H,3,6-7H2,1-2H3. The maximum atomic E-state index is 12.9. The van der Waals surface area contributed by atoms with Crippen LogP contribution in [0.2, 0.25) is 0 Å². The predicted molar refractivity (Wildman–Crippen MR) is 79.8 cm³/mol. The largest absolute Gasteiger partial charge is 0.418 e. The lowest BCUT2D eigenvalue weighted by molar-refractivity contribution is -0.137. The van der Waals surface area contributed by atoms with E-state index in [9.17, 15) is 13.2 Å². The minimum atomic E-state index is -4.34. The molecule has 1 N–H and O–H groups in total. The molecule has 108 valence electrons. The fourth-order valence-electron chi connectivity index (χ4n) is 1.62. The third kappa shape index (κ3) is 5.65. The highest BCUT2D eigenvalue weighted by atomic mass is 79.9. The second-order valence-corrected chi connectivity index (χ2v) is 6.53. The zero-order valence-corrected chi connectivity index (χ0v) is 13.3. The van der Waals surface area contributed by atoms with E-state index in [1.54, 1.807) is 17.8 Å². The first-order valence-corrected chi connectivity index (χ1v) is 8.00. The Bertz CT molecular complexity index is 409. The van der Waals surface area contributed by atoms with Gasteiger partial charge >= 0.3 is 6.18 Å². The molecular weight excluding hydrogens is 339 g/mol. The van der Waals surface area contributed by atoms with Gasteiger partial charge in [-0.2, -0.15) is 24.9 Å². The first kappa shape index (κ1) is 16.7. The Balaban J connectivity index is 2.77. The molecule has 0 aromatic heterocycles. The number of anilines is 1. The minimum absolute atomic E-state index is 0.0151. The Labute approximate surface area is 124 Å². The van der Waals surface area contributed by atoms with Crippen molar-refractivity contribution in [1.29, 1.82) is 0 Å². The number of thioether (sulfide) groups is 1. The van der Waals surface area contributed by atoms with Crippen molar-refractivity contribution in [2.24, 2.45) is 0 Å². The topological polar surface area (TPSA) is 12.0 Å². The minimum Gasteiger partial charge on any atom is -0.382 e. The van der Waals surface area contributed by atoms with Gasteiger partial charge in [0.05, 0.1) is 5.56 Å². The van der Waals surface area contributed by atoms with Crippen LogP contribution in [0.3, 0.4) is 0 Å². The van der Waals surface area contributed by atoms with Gasteiger partial charge in [-0.1, -0.05) is 22.9 Å². The Morgan fingerprint density at radius 1 is 1.37 bits per heavy atom. The Hall–Kier alpha value is -0.360. The van der Waals surface area contributed by atoms with E-state index in [0.717, 1.165) is 24.0 Å². The third-order valence-electron chi connectivity index (χ3n) is 2.59. The summed E-state index contributed by atoms with van der Waals surface area (Å²) < 4.78 is 39.2. The summed E-state index contributed by atoms with van der Waals surface area (Å²) >= 11 is 4.86. The molecule has 0 aliphatic carbocycles. The molecule has 0 bridgehead atoms. The third-order valence-corrected chi connectivity index (χ3v) is 4.01. The molecule has 1 nitrogen and oxygen atoms in total. The lowest BCUT2D eigenvalue weighted by atomic mass is 10.1. The molecule has 0 aliphatic heterocycles. The molecular formula is C13H17BrF3NS. The zero-order valence-electron chi connectivity index (χ0n) is 10.9. The van der Waals surface area contributed by atoms with Crippen LogP contribution < -0.4 is 5.32 Å². The van der Waals surface area contributed by atoms with Gasteiger partial charge in [0.1, 0.15) is 0 Å². The van der Waals surface area contributed by atoms with Gasteiger partial charge in [0.25, 0.3) is 0 Å². The van der Waals surface area contributed by atoms with Crippen LogP contribution in [-0.2, 0) is 6.18 Å². The van der Waals surface area contributed by atoms with Crippen LogP contribution in [0.25, 0.3) is 0 Å². The van der Waals surface area contributed by atoms with Crippen LogP contribution in [0.1, 0.15) is 25.8 Å². The van der Waals surface area contributed by atoms with Crippen molar-refractivity contribution >= 4 is 33.4 Å². The quantitative estimate of drug-likeness (QED) is 0.684. The number of rotatable bonds is 6. The maximum absolute atomic E-state index is 12.9. The number of nitrogens with one attached hydrogen (secondary N) is 1. The van der Waals surface area contributed by atoms with Crippen molar-refractivity contribution in [3.05, 3.63) is 28.2 Å². The van der Waals surface area contributed by atoms with Gasteiger partial charge in [-0.15, -0.1) is 0 Å². The summed E-state index contributed by atoms with van der Waals surface area (Å²) in [5.41, 5.74) is -0.485. The van der Waals surface area contributed by atoms with Gasteiger partial charge in [0, 0.05) is 16.2 Å². The maximum Gasteiger partial charge on any atom is 0.418 e. The molecule has 1 unspecified atom stereocenters. The van der Waals surface area contributed by atoms with Crippen molar-refractivity contribution < 1.29 is 13.2 Å². The molecule has 19 heavy (non-hydrogen) atoms. The summed E-state index contributed by atoms with van der Waals surface area (Å²) in [4.78, 5) is 0. The van der Waals surface area contributed by atoms with Crippen LogP contribution in [-0.4, -0.2) is 17.5 Å². The Morgan fingerprint density at radius 2 is 2.05 bits per heavy atom. The van der Waals surface area contributed by atoms with Crippen LogP contribution in [0, 0.1) is 0 Å². The van der Waals surface area contributed by atoms with E-state index in [0.29, 0.717) is 4.47 Å². The number of hydrogen-bond donors (Lipinski definition) is 1. The van der Waals surface area contributed by atoms with Crippen LogP contribution in [0.4, 0.5) is 18.9 Å². The summed E-state index contributed by atoms with van der Waals surface area (Å²) in [5.74, 6) is 1.97. The summed E-state index contributed by atoms with van der Waals surface area (Å²) in [6.45, 7) is 3.97. The van der Waals surface area contributed by atoms with Crippen molar-refractivity contribution in [1.82, 2.24) is 0 Å². The average molecular weight is 356 g/mol. The Morgan fingerprint density at radius 3 is 2.63 bits per heavy atom. The molecule has 0 aliphatic rings. The second kappa shape index (κ2) is 7.43. The molecule has 1 rings (SSSR count). The van der Waals surface area contributed by atoms with Gasteiger partial charge in [0.2, 0.25) is 0 Å². The van der Waals surface area contributed by atoms with E-state index in [1.807, 2.05) is 6.92 Å². The molecule has 0 saturated carbocycles. The molecule has 0 saturated heterocycles. The highest BCUT2D eigenvalue weighted by Gasteiger charge is 2.33. The van der Waals surface area contributed by atoms with Crippen molar-refractivity contribution in [2.45, 2.75) is 32.5 Å². The van der Waals surface area contributed by atoms with E-state index in [4.69, 9.17) is 0 Å². The van der Waals surface area contributed by atoms with Gasteiger partial charge in [0.15, 0.2) is 0 Å². The number of halogens is 4. The summed E-state index contributed by atoms with van der Waals surface area (Å²) in [6.07, 6.45) is -3.50. The van der Waals surface area contributed by atoms with Crippen molar-refractivity contribution in [2.75, 3.05) is 16.8 Å². The van der Waals surface area contributed by atoms with Crippen LogP contribution in [0.15, 0.2) is 22.7 Å².